The van der Waals surface area contributed by atoms with Crippen LogP contribution in [0.2, 0.25) is 0 Å². The van der Waals surface area contributed by atoms with E-state index < -0.39 is 0 Å². The van der Waals surface area contributed by atoms with E-state index in [2.05, 4.69) is 21.1 Å². The fourth-order valence-corrected chi connectivity index (χ4v) is 5.88. The lowest BCUT2D eigenvalue weighted by Crippen LogP contribution is -2.13. The number of aromatic nitrogens is 1. The summed E-state index contributed by atoms with van der Waals surface area (Å²) in [4.78, 5) is 17.2. The number of carbonyl (C=O) groups is 1. The number of nitrogens with zero attached hydrogens (tertiary/aromatic N) is 1. The fraction of sp³-hybridized carbons (Fsp3) is 0.0769. The molecular formula is C13H10N2OS4. The lowest BCUT2D eigenvalue weighted by molar-refractivity contribution is -0.112. The zero-order chi connectivity index (χ0) is 13.9. The molecule has 3 rings (SSSR count). The van der Waals surface area contributed by atoms with E-state index >= 15 is 0 Å². The minimum absolute atomic E-state index is 0.0999. The van der Waals surface area contributed by atoms with Crippen molar-refractivity contribution in [2.45, 2.75) is 6.92 Å². The van der Waals surface area contributed by atoms with Crippen LogP contribution in [-0.4, -0.2) is 10.9 Å². The van der Waals surface area contributed by atoms with Crippen LogP contribution in [0, 0.1) is 6.92 Å². The van der Waals surface area contributed by atoms with Crippen molar-refractivity contribution < 1.29 is 4.79 Å². The molecule has 0 unspecified atom stereocenters. The van der Waals surface area contributed by atoms with Crippen LogP contribution in [0.15, 0.2) is 47.8 Å². The molecule has 3 nitrogen and oxygen atoms in total. The normalized spacial score (nSPS) is 17.6. The molecule has 0 bridgehead atoms. The first kappa shape index (κ1) is 14.2. The molecule has 20 heavy (non-hydrogen) atoms. The van der Waals surface area contributed by atoms with Gasteiger partial charge in [0, 0.05) is 5.69 Å². The van der Waals surface area contributed by atoms with Crippen molar-refractivity contribution in [3.63, 3.8) is 0 Å². The average molecular weight is 339 g/mol. The second kappa shape index (κ2) is 6.34. The second-order valence-electron chi connectivity index (χ2n) is 3.90. The lowest BCUT2D eigenvalue weighted by atomic mass is 10.4. The van der Waals surface area contributed by atoms with E-state index in [1.54, 1.807) is 41.4 Å². The summed E-state index contributed by atoms with van der Waals surface area (Å²) in [5.41, 5.74) is 0.887. The molecule has 0 atom stereocenters. The maximum Gasteiger partial charge on any atom is 0.264 e. The molecular weight excluding hydrogens is 328 g/mol. The third-order valence-electron chi connectivity index (χ3n) is 2.40. The highest BCUT2D eigenvalue weighted by Crippen LogP contribution is 2.53. The molecule has 0 spiro atoms. The van der Waals surface area contributed by atoms with Gasteiger partial charge in [-0.05, 0) is 35.3 Å². The zero-order valence-corrected chi connectivity index (χ0v) is 13.7. The standard InChI is InChI=1S/C13H10N2OS4/c1-8-3-2-4-10(14-8)15-11(16)9-7-19-13(20-9)12-17-5-6-18-12/h2-7H,1H3,(H,14,15,16). The van der Waals surface area contributed by atoms with Crippen molar-refractivity contribution in [1.29, 1.82) is 0 Å². The van der Waals surface area contributed by atoms with Crippen LogP contribution in [0.1, 0.15) is 5.69 Å². The van der Waals surface area contributed by atoms with Crippen LogP contribution in [0.3, 0.4) is 0 Å². The van der Waals surface area contributed by atoms with Gasteiger partial charge in [0.25, 0.3) is 5.91 Å². The van der Waals surface area contributed by atoms with E-state index in [1.807, 2.05) is 24.5 Å². The largest absolute Gasteiger partial charge is 0.306 e. The highest BCUT2D eigenvalue weighted by Gasteiger charge is 2.23. The summed E-state index contributed by atoms with van der Waals surface area (Å²) in [6.45, 7) is 1.90. The monoisotopic (exact) mass is 338 g/mol. The summed E-state index contributed by atoms with van der Waals surface area (Å²) < 4.78 is 2.42. The number of thioether (sulfide) groups is 4. The Morgan fingerprint density at radius 2 is 1.95 bits per heavy atom. The van der Waals surface area contributed by atoms with Gasteiger partial charge >= 0.3 is 0 Å². The number of nitrogens with one attached hydrogen (secondary N) is 1. The van der Waals surface area contributed by atoms with Gasteiger partial charge in [-0.2, -0.15) is 0 Å². The van der Waals surface area contributed by atoms with Gasteiger partial charge in [-0.15, -0.1) is 0 Å². The first-order valence-electron chi connectivity index (χ1n) is 5.75. The topological polar surface area (TPSA) is 42.0 Å². The summed E-state index contributed by atoms with van der Waals surface area (Å²) in [5, 5.41) is 8.85. The predicted octanol–water partition coefficient (Wildman–Crippen LogP) is 4.73. The van der Waals surface area contributed by atoms with Crippen molar-refractivity contribution in [2.24, 2.45) is 0 Å². The van der Waals surface area contributed by atoms with E-state index in [-0.39, 0.29) is 5.91 Å². The first-order valence-corrected chi connectivity index (χ1v) is 9.20. The van der Waals surface area contributed by atoms with Crippen molar-refractivity contribution in [1.82, 2.24) is 4.98 Å². The maximum atomic E-state index is 12.2. The molecule has 0 radical (unpaired) electrons. The van der Waals surface area contributed by atoms with Crippen molar-refractivity contribution >= 4 is 58.8 Å². The number of rotatable bonds is 2. The molecule has 2 aliphatic rings. The molecule has 3 heterocycles. The molecule has 0 fully saturated rings. The predicted molar refractivity (Wildman–Crippen MR) is 92.2 cm³/mol. The van der Waals surface area contributed by atoms with Crippen molar-refractivity contribution in [2.75, 3.05) is 5.32 Å². The Kier molecular flexibility index (Phi) is 4.50. The van der Waals surface area contributed by atoms with Crippen LogP contribution in [0.5, 0.6) is 0 Å². The van der Waals surface area contributed by atoms with Gasteiger partial charge in [0.1, 0.15) is 5.82 Å². The van der Waals surface area contributed by atoms with Gasteiger partial charge in [-0.3, -0.25) is 4.79 Å². The second-order valence-corrected chi connectivity index (χ2v) is 8.18. The SMILES string of the molecule is Cc1cccc(NC(=O)C2=CSC(=C3SC=CS3)S2)n1. The van der Waals surface area contributed by atoms with Gasteiger partial charge in [0.2, 0.25) is 0 Å². The summed E-state index contributed by atoms with van der Waals surface area (Å²) in [5.74, 6) is 0.492. The Hall–Kier alpha value is -0.760. The number of aryl methyl sites for hydroxylation is 1. The van der Waals surface area contributed by atoms with Gasteiger partial charge in [-0.25, -0.2) is 4.98 Å². The third-order valence-corrected chi connectivity index (χ3v) is 7.42. The summed E-state index contributed by atoms with van der Waals surface area (Å²) in [6.07, 6.45) is 0. The number of hydrogen-bond acceptors (Lipinski definition) is 6. The molecule has 0 saturated carbocycles. The molecule has 0 aromatic carbocycles. The number of anilines is 1. The molecule has 0 aliphatic carbocycles. The van der Waals surface area contributed by atoms with Crippen molar-refractivity contribution in [3.8, 4) is 0 Å². The highest BCUT2D eigenvalue weighted by atomic mass is 32.2. The van der Waals surface area contributed by atoms with Gasteiger partial charge in [0.15, 0.2) is 0 Å². The number of hydrogen-bond donors (Lipinski definition) is 1. The molecule has 1 aromatic heterocycles. The summed E-state index contributed by atoms with van der Waals surface area (Å²) >= 11 is 6.53. The van der Waals surface area contributed by atoms with Gasteiger partial charge < -0.3 is 5.32 Å². The van der Waals surface area contributed by atoms with Gasteiger partial charge in [-0.1, -0.05) is 53.1 Å². The maximum absolute atomic E-state index is 12.2. The van der Waals surface area contributed by atoms with E-state index in [0.717, 1.165) is 5.69 Å². The molecule has 1 amide bonds. The van der Waals surface area contributed by atoms with Gasteiger partial charge in [0.05, 0.1) is 13.4 Å². The lowest BCUT2D eigenvalue weighted by Gasteiger charge is -2.05. The van der Waals surface area contributed by atoms with Crippen molar-refractivity contribution in [3.05, 3.63) is 53.5 Å². The Balaban J connectivity index is 1.66. The van der Waals surface area contributed by atoms with Crippen LogP contribution in [-0.2, 0) is 4.79 Å². The van der Waals surface area contributed by atoms with E-state index in [1.165, 1.54) is 20.2 Å². The van der Waals surface area contributed by atoms with E-state index in [9.17, 15) is 4.79 Å². The Labute approximate surface area is 134 Å². The Morgan fingerprint density at radius 3 is 2.70 bits per heavy atom. The number of pyridine rings is 1. The summed E-state index contributed by atoms with van der Waals surface area (Å²) in [7, 11) is 0. The number of amides is 1. The molecule has 2 aliphatic heterocycles. The fourth-order valence-electron chi connectivity index (χ4n) is 1.54. The van der Waals surface area contributed by atoms with Crippen LogP contribution >= 0.6 is 47.0 Å². The molecule has 1 aromatic rings. The number of carbonyl (C=O) groups excluding carboxylic acids is 1. The molecule has 0 saturated heterocycles. The smallest absolute Gasteiger partial charge is 0.264 e. The molecule has 7 heteroatoms. The molecule has 102 valence electrons. The third kappa shape index (κ3) is 3.28. The summed E-state index contributed by atoms with van der Waals surface area (Å²) in [6, 6.07) is 5.58. The first-order chi connectivity index (χ1) is 9.72. The minimum Gasteiger partial charge on any atom is -0.306 e. The van der Waals surface area contributed by atoms with E-state index in [0.29, 0.717) is 10.7 Å². The zero-order valence-electron chi connectivity index (χ0n) is 10.5. The Bertz CT molecular complexity index is 642. The minimum atomic E-state index is -0.0999. The van der Waals surface area contributed by atoms with E-state index in [4.69, 9.17) is 0 Å². The van der Waals surface area contributed by atoms with Crippen LogP contribution in [0.25, 0.3) is 0 Å². The molecule has 1 N–H and O–H groups in total. The Morgan fingerprint density at radius 1 is 1.15 bits per heavy atom. The average Bonchev–Trinajstić information content (AvgIpc) is 3.10. The quantitative estimate of drug-likeness (QED) is 0.841. The van der Waals surface area contributed by atoms with Crippen LogP contribution in [0.4, 0.5) is 5.82 Å². The highest BCUT2D eigenvalue weighted by molar-refractivity contribution is 8.33. The van der Waals surface area contributed by atoms with Crippen LogP contribution < -0.4 is 5.32 Å².